The van der Waals surface area contributed by atoms with E-state index in [4.69, 9.17) is 0 Å². The second-order valence-electron chi connectivity index (χ2n) is 5.22. The van der Waals surface area contributed by atoms with Crippen LogP contribution in [0.2, 0.25) is 0 Å². The SMILES string of the molecule is CNC(=O)CC1(CC(=O)NC)CSSC1.CNC(=O)CCCS. The van der Waals surface area contributed by atoms with E-state index in [1.54, 1.807) is 42.7 Å². The molecule has 1 aliphatic rings. The molecular formula is C14H27N3O3S3. The Balaban J connectivity index is 0.000000515. The summed E-state index contributed by atoms with van der Waals surface area (Å²) < 4.78 is 0. The van der Waals surface area contributed by atoms with Gasteiger partial charge in [-0.05, 0) is 12.2 Å². The Morgan fingerprint density at radius 2 is 1.35 bits per heavy atom. The molecule has 1 fully saturated rings. The van der Waals surface area contributed by atoms with E-state index in [9.17, 15) is 14.4 Å². The van der Waals surface area contributed by atoms with Gasteiger partial charge >= 0.3 is 0 Å². The van der Waals surface area contributed by atoms with Crippen molar-refractivity contribution in [2.45, 2.75) is 25.7 Å². The molecule has 23 heavy (non-hydrogen) atoms. The van der Waals surface area contributed by atoms with Gasteiger partial charge in [0.2, 0.25) is 17.7 Å². The number of amides is 3. The lowest BCUT2D eigenvalue weighted by Crippen LogP contribution is -2.36. The van der Waals surface area contributed by atoms with Crippen LogP contribution >= 0.6 is 34.2 Å². The van der Waals surface area contributed by atoms with Gasteiger partial charge in [0.15, 0.2) is 0 Å². The van der Waals surface area contributed by atoms with Crippen molar-refractivity contribution >= 4 is 51.9 Å². The summed E-state index contributed by atoms with van der Waals surface area (Å²) in [5, 5.41) is 7.76. The number of hydrogen-bond donors (Lipinski definition) is 4. The van der Waals surface area contributed by atoms with Crippen LogP contribution in [-0.2, 0) is 14.4 Å². The van der Waals surface area contributed by atoms with Gasteiger partial charge in [-0.2, -0.15) is 12.6 Å². The molecule has 1 aliphatic heterocycles. The topological polar surface area (TPSA) is 87.3 Å². The van der Waals surface area contributed by atoms with Crippen molar-refractivity contribution in [2.75, 3.05) is 38.4 Å². The lowest BCUT2D eigenvalue weighted by molar-refractivity contribution is -0.125. The average molecular weight is 382 g/mol. The highest BCUT2D eigenvalue weighted by molar-refractivity contribution is 8.77. The lowest BCUT2D eigenvalue weighted by Gasteiger charge is -2.25. The minimum Gasteiger partial charge on any atom is -0.359 e. The fourth-order valence-electron chi connectivity index (χ4n) is 1.86. The molecule has 0 aromatic rings. The minimum absolute atomic E-state index is 0.0157. The van der Waals surface area contributed by atoms with Gasteiger partial charge in [0, 0.05) is 57.3 Å². The van der Waals surface area contributed by atoms with E-state index in [0.29, 0.717) is 19.3 Å². The number of hydrogen-bond acceptors (Lipinski definition) is 6. The minimum atomic E-state index is -0.157. The Morgan fingerprint density at radius 1 is 0.913 bits per heavy atom. The summed E-state index contributed by atoms with van der Waals surface area (Å²) in [5.41, 5.74) is -0.157. The smallest absolute Gasteiger partial charge is 0.220 e. The first kappa shape index (κ1) is 22.5. The van der Waals surface area contributed by atoms with E-state index in [1.807, 2.05) is 0 Å². The fourth-order valence-corrected chi connectivity index (χ4v) is 5.43. The second-order valence-corrected chi connectivity index (χ2v) is 8.13. The molecule has 1 heterocycles. The molecule has 0 bridgehead atoms. The van der Waals surface area contributed by atoms with Crippen LogP contribution in [0.25, 0.3) is 0 Å². The summed E-state index contributed by atoms with van der Waals surface area (Å²) in [6.07, 6.45) is 2.34. The van der Waals surface area contributed by atoms with E-state index in [0.717, 1.165) is 23.7 Å². The summed E-state index contributed by atoms with van der Waals surface area (Å²) in [6, 6.07) is 0. The highest BCUT2D eigenvalue weighted by Gasteiger charge is 2.38. The number of rotatable bonds is 7. The van der Waals surface area contributed by atoms with E-state index < -0.39 is 0 Å². The molecule has 0 unspecified atom stereocenters. The Labute approximate surface area is 151 Å². The van der Waals surface area contributed by atoms with Crippen LogP contribution in [0.15, 0.2) is 0 Å². The zero-order valence-electron chi connectivity index (χ0n) is 13.9. The standard InChI is InChI=1S/C9H16N2O2S2.C5H11NOS/c1-10-7(12)3-9(4-8(13)11-2)5-14-15-6-9;1-6-5(7)3-2-4-8/h3-6H2,1-2H3,(H,10,12)(H,11,13);8H,2-4H2,1H3,(H,6,7). The van der Waals surface area contributed by atoms with Gasteiger partial charge in [0.1, 0.15) is 0 Å². The number of carbonyl (C=O) groups excluding carboxylic acids is 3. The molecule has 0 radical (unpaired) electrons. The number of thiol groups is 1. The van der Waals surface area contributed by atoms with E-state index >= 15 is 0 Å². The number of carbonyl (C=O) groups is 3. The molecule has 3 N–H and O–H groups in total. The fraction of sp³-hybridized carbons (Fsp3) is 0.786. The van der Waals surface area contributed by atoms with Gasteiger partial charge < -0.3 is 16.0 Å². The van der Waals surface area contributed by atoms with Crippen LogP contribution < -0.4 is 16.0 Å². The first-order valence-electron chi connectivity index (χ1n) is 7.40. The summed E-state index contributed by atoms with van der Waals surface area (Å²) >= 11 is 3.95. The molecule has 134 valence electrons. The van der Waals surface area contributed by atoms with Gasteiger partial charge in [-0.25, -0.2) is 0 Å². The number of nitrogens with one attached hydrogen (secondary N) is 3. The van der Waals surface area contributed by atoms with Gasteiger partial charge in [0.25, 0.3) is 0 Å². The third kappa shape index (κ3) is 10.0. The first-order chi connectivity index (χ1) is 10.9. The molecule has 6 nitrogen and oxygen atoms in total. The molecule has 1 rings (SSSR count). The predicted molar refractivity (Wildman–Crippen MR) is 102 cm³/mol. The highest BCUT2D eigenvalue weighted by Crippen LogP contribution is 2.47. The normalized spacial score (nSPS) is 15.1. The van der Waals surface area contributed by atoms with Crippen LogP contribution in [-0.4, -0.2) is 56.1 Å². The quantitative estimate of drug-likeness (QED) is 0.392. The van der Waals surface area contributed by atoms with Crippen LogP contribution in [0, 0.1) is 5.41 Å². The maximum absolute atomic E-state index is 11.4. The van der Waals surface area contributed by atoms with Crippen molar-refractivity contribution in [2.24, 2.45) is 5.41 Å². The molecule has 3 amide bonds. The first-order valence-corrected chi connectivity index (χ1v) is 10.5. The van der Waals surface area contributed by atoms with Crippen molar-refractivity contribution in [3.63, 3.8) is 0 Å². The van der Waals surface area contributed by atoms with Gasteiger partial charge in [0.05, 0.1) is 0 Å². The third-order valence-corrected chi connectivity index (χ3v) is 6.43. The van der Waals surface area contributed by atoms with Crippen LogP contribution in [0.1, 0.15) is 25.7 Å². The summed E-state index contributed by atoms with van der Waals surface area (Å²) in [6.45, 7) is 0. The molecule has 0 aromatic carbocycles. The van der Waals surface area contributed by atoms with Crippen LogP contribution in [0.3, 0.4) is 0 Å². The molecular weight excluding hydrogens is 354 g/mol. The Morgan fingerprint density at radius 3 is 1.70 bits per heavy atom. The van der Waals surface area contributed by atoms with Gasteiger partial charge in [-0.3, -0.25) is 14.4 Å². The molecule has 0 aromatic heterocycles. The molecule has 9 heteroatoms. The Hall–Kier alpha value is -0.540. The van der Waals surface area contributed by atoms with Gasteiger partial charge in [-0.15, -0.1) is 0 Å². The molecule has 0 atom stereocenters. The van der Waals surface area contributed by atoms with E-state index in [2.05, 4.69) is 28.6 Å². The van der Waals surface area contributed by atoms with Crippen molar-refractivity contribution < 1.29 is 14.4 Å². The van der Waals surface area contributed by atoms with Crippen molar-refractivity contribution in [3.05, 3.63) is 0 Å². The zero-order chi connectivity index (χ0) is 17.7. The molecule has 1 saturated heterocycles. The van der Waals surface area contributed by atoms with Crippen LogP contribution in [0.5, 0.6) is 0 Å². The van der Waals surface area contributed by atoms with E-state index in [1.165, 1.54) is 0 Å². The maximum atomic E-state index is 11.4. The Bertz CT molecular complexity index is 369. The highest BCUT2D eigenvalue weighted by atomic mass is 33.1. The summed E-state index contributed by atoms with van der Waals surface area (Å²) in [4.78, 5) is 33.2. The van der Waals surface area contributed by atoms with Crippen molar-refractivity contribution in [1.29, 1.82) is 0 Å². The maximum Gasteiger partial charge on any atom is 0.220 e. The monoisotopic (exact) mass is 381 g/mol. The molecule has 0 saturated carbocycles. The van der Waals surface area contributed by atoms with E-state index in [-0.39, 0.29) is 23.1 Å². The summed E-state index contributed by atoms with van der Waals surface area (Å²) in [7, 11) is 8.39. The third-order valence-electron chi connectivity index (χ3n) is 3.28. The van der Waals surface area contributed by atoms with Gasteiger partial charge in [-0.1, -0.05) is 21.6 Å². The summed E-state index contributed by atoms with van der Waals surface area (Å²) in [5.74, 6) is 2.66. The van der Waals surface area contributed by atoms with Crippen LogP contribution in [0.4, 0.5) is 0 Å². The zero-order valence-corrected chi connectivity index (χ0v) is 16.5. The Kier molecular flexibility index (Phi) is 12.5. The predicted octanol–water partition coefficient (Wildman–Crippen LogP) is 1.08. The largest absolute Gasteiger partial charge is 0.359 e. The lowest BCUT2D eigenvalue weighted by atomic mass is 9.84. The second kappa shape index (κ2) is 12.8. The molecule has 0 spiro atoms. The molecule has 0 aliphatic carbocycles. The average Bonchev–Trinajstić information content (AvgIpc) is 3.00. The van der Waals surface area contributed by atoms with Crippen molar-refractivity contribution in [1.82, 2.24) is 16.0 Å². The van der Waals surface area contributed by atoms with Crippen molar-refractivity contribution in [3.8, 4) is 0 Å².